The van der Waals surface area contributed by atoms with Gasteiger partial charge in [-0.05, 0) is 0 Å². The highest BCUT2D eigenvalue weighted by Crippen LogP contribution is 1.80. The minimum atomic E-state index is -2.08. The molecule has 0 amide bonds. The molecule has 0 aliphatic rings. The zero-order valence-electron chi connectivity index (χ0n) is 3.17. The molecule has 0 aromatic carbocycles. The third kappa shape index (κ3) is 3.02. The lowest BCUT2D eigenvalue weighted by atomic mass is 10.3. The molecule has 0 aromatic rings. The summed E-state index contributed by atoms with van der Waals surface area (Å²) in [5.74, 6) is 0. The van der Waals surface area contributed by atoms with Gasteiger partial charge >= 0.3 is 7.32 Å². The zero-order valence-corrected chi connectivity index (χ0v) is 3.17. The van der Waals surface area contributed by atoms with Gasteiger partial charge in [0.25, 0.3) is 6.26 Å². The maximum absolute atomic E-state index is 10.5. The molecule has 6 heteroatoms. The van der Waals surface area contributed by atoms with Crippen molar-refractivity contribution in [1.29, 1.82) is 5.26 Å². The Kier molecular flexibility index (Phi) is 3.01. The lowest BCUT2D eigenvalue weighted by molar-refractivity contribution is -0.0562. The summed E-state index contributed by atoms with van der Waals surface area (Å²) < 4.78 is 14.0. The van der Waals surface area contributed by atoms with Gasteiger partial charge < -0.3 is 9.68 Å². The second kappa shape index (κ2) is 3.40. The molecule has 0 aliphatic heterocycles. The molecule has 0 heterocycles. The molecule has 0 unspecified atom stereocenters. The van der Waals surface area contributed by atoms with Crippen molar-refractivity contribution in [3.8, 4) is 6.26 Å². The summed E-state index contributed by atoms with van der Waals surface area (Å²) in [6.07, 6.45) is 1.00. The zero-order chi connectivity index (χ0) is 5.70. The highest BCUT2D eigenvalue weighted by Gasteiger charge is 2.17. The van der Waals surface area contributed by atoms with Crippen LogP contribution in [0.1, 0.15) is 0 Å². The van der Waals surface area contributed by atoms with Crippen LogP contribution in [0, 0.1) is 11.5 Å². The fourth-order valence-electron chi connectivity index (χ4n) is 0.0633. The second-order valence-electron chi connectivity index (χ2n) is 0.605. The first kappa shape index (κ1) is 6.20. The normalized spacial score (nSPS) is 7.00. The standard InChI is InChI=1S/CHBFNO3/c3-7-2(5)6-1-4/h5H. The Bertz CT molecular complexity index is 81.5. The van der Waals surface area contributed by atoms with Crippen molar-refractivity contribution in [3.63, 3.8) is 0 Å². The summed E-state index contributed by atoms with van der Waals surface area (Å²) in [5.41, 5.74) is 0. The van der Waals surface area contributed by atoms with Crippen LogP contribution in [0.5, 0.6) is 0 Å². The van der Waals surface area contributed by atoms with Gasteiger partial charge in [-0.2, -0.15) is 10.1 Å². The van der Waals surface area contributed by atoms with E-state index >= 15 is 0 Å². The van der Waals surface area contributed by atoms with Crippen LogP contribution in [-0.4, -0.2) is 12.3 Å². The van der Waals surface area contributed by atoms with E-state index in [2.05, 4.69) is 9.51 Å². The van der Waals surface area contributed by atoms with Gasteiger partial charge in [-0.1, -0.05) is 4.53 Å². The van der Waals surface area contributed by atoms with E-state index in [1.807, 2.05) is 0 Å². The Labute approximate surface area is 39.1 Å². The Morgan fingerprint density at radius 2 is 2.43 bits per heavy atom. The van der Waals surface area contributed by atoms with Gasteiger partial charge in [-0.25, -0.2) is 0 Å². The van der Waals surface area contributed by atoms with Gasteiger partial charge in [0.2, 0.25) is 0 Å². The summed E-state index contributed by atoms with van der Waals surface area (Å²) in [7, 11) is -2.08. The summed E-state index contributed by atoms with van der Waals surface area (Å²) >= 11 is 0. The van der Waals surface area contributed by atoms with Crippen LogP contribution >= 0.6 is 0 Å². The third-order valence-corrected chi connectivity index (χ3v) is 0.230. The summed E-state index contributed by atoms with van der Waals surface area (Å²) in [6.45, 7) is 0. The van der Waals surface area contributed by atoms with Crippen LogP contribution in [0.2, 0.25) is 0 Å². The lowest BCUT2D eigenvalue weighted by Crippen LogP contribution is -2.15. The molecule has 0 saturated heterocycles. The molecule has 0 radical (unpaired) electrons. The predicted molar refractivity (Wildman–Crippen MR) is 16.9 cm³/mol. The molecule has 7 heavy (non-hydrogen) atoms. The number of hydrogen-bond donors (Lipinski definition) is 1. The van der Waals surface area contributed by atoms with Gasteiger partial charge in [0, 0.05) is 0 Å². The molecule has 0 bridgehead atoms. The Balaban J connectivity index is 3.03. The molecule has 1 N–H and O–H groups in total. The first-order valence-electron chi connectivity index (χ1n) is 1.31. The van der Waals surface area contributed by atoms with Gasteiger partial charge in [0.1, 0.15) is 0 Å². The summed E-state index contributed by atoms with van der Waals surface area (Å²) in [4.78, 5) is 2.60. The van der Waals surface area contributed by atoms with Crippen molar-refractivity contribution in [2.24, 2.45) is 0 Å². The number of hydrogen-bond acceptors (Lipinski definition) is 4. The highest BCUT2D eigenvalue weighted by atomic mass is 19.3. The summed E-state index contributed by atoms with van der Waals surface area (Å²) in [5, 5.41) is 15.3. The second-order valence-corrected chi connectivity index (χ2v) is 0.605. The van der Waals surface area contributed by atoms with Gasteiger partial charge in [-0.3, -0.25) is 0 Å². The van der Waals surface area contributed by atoms with Crippen LogP contribution in [0.4, 0.5) is 4.53 Å². The summed E-state index contributed by atoms with van der Waals surface area (Å²) in [6, 6.07) is 0. The maximum atomic E-state index is 10.5. The van der Waals surface area contributed by atoms with Crippen molar-refractivity contribution < 1.29 is 19.1 Å². The smallest absolute Gasteiger partial charge is 0.441 e. The Morgan fingerprint density at radius 3 is 2.57 bits per heavy atom. The van der Waals surface area contributed by atoms with Crippen LogP contribution in [0.25, 0.3) is 0 Å². The van der Waals surface area contributed by atoms with Crippen molar-refractivity contribution in [2.75, 3.05) is 0 Å². The first-order chi connectivity index (χ1) is 3.31. The molecular formula is CHBFNO3. The molecule has 0 spiro atoms. The highest BCUT2D eigenvalue weighted by molar-refractivity contribution is 6.34. The molecule has 0 aromatic heterocycles. The largest absolute Gasteiger partial charge is 0.753 e. The predicted octanol–water partition coefficient (Wildman–Crippen LogP) is -0.638. The molecule has 0 rings (SSSR count). The minimum Gasteiger partial charge on any atom is -0.441 e. The van der Waals surface area contributed by atoms with E-state index in [1.54, 1.807) is 0 Å². The number of nitriles is 1. The first-order valence-corrected chi connectivity index (χ1v) is 1.31. The SMILES string of the molecule is N#COB(O)OF. The monoisotopic (exact) mass is 105 g/mol. The van der Waals surface area contributed by atoms with E-state index in [0.717, 1.165) is 6.26 Å². The average molecular weight is 105 g/mol. The minimum absolute atomic E-state index is 1.00. The average Bonchev–Trinajstić information content (AvgIpc) is 1.68. The molecule has 0 fully saturated rings. The van der Waals surface area contributed by atoms with Crippen LogP contribution < -0.4 is 0 Å². The van der Waals surface area contributed by atoms with Crippen LogP contribution in [-0.2, 0) is 9.51 Å². The van der Waals surface area contributed by atoms with Gasteiger partial charge in [0.15, 0.2) is 0 Å². The van der Waals surface area contributed by atoms with Crippen molar-refractivity contribution in [3.05, 3.63) is 0 Å². The van der Waals surface area contributed by atoms with Crippen LogP contribution in [0.15, 0.2) is 0 Å². The Hall–Kier alpha value is -0.795. The quantitative estimate of drug-likeness (QED) is 0.374. The fourth-order valence-corrected chi connectivity index (χ4v) is 0.0633. The topological polar surface area (TPSA) is 62.5 Å². The van der Waals surface area contributed by atoms with Crippen LogP contribution in [0.3, 0.4) is 0 Å². The molecule has 0 saturated carbocycles. The van der Waals surface area contributed by atoms with E-state index in [9.17, 15) is 4.53 Å². The van der Waals surface area contributed by atoms with Crippen molar-refractivity contribution in [2.45, 2.75) is 0 Å². The molecule has 4 nitrogen and oxygen atoms in total. The molecule has 38 valence electrons. The van der Waals surface area contributed by atoms with E-state index in [4.69, 9.17) is 10.3 Å². The van der Waals surface area contributed by atoms with E-state index in [1.165, 1.54) is 0 Å². The van der Waals surface area contributed by atoms with E-state index in [-0.39, 0.29) is 0 Å². The molecule has 0 aliphatic carbocycles. The number of halogens is 1. The fraction of sp³-hybridized carbons (Fsp3) is 0. The molecule has 0 atom stereocenters. The Morgan fingerprint density at radius 1 is 1.86 bits per heavy atom. The lowest BCUT2D eigenvalue weighted by Gasteiger charge is -1.87. The van der Waals surface area contributed by atoms with Gasteiger partial charge in [-0.15, -0.1) is 0 Å². The maximum Gasteiger partial charge on any atom is 0.753 e. The van der Waals surface area contributed by atoms with Gasteiger partial charge in [0.05, 0.1) is 0 Å². The van der Waals surface area contributed by atoms with E-state index < -0.39 is 7.32 Å². The molecular weight excluding hydrogens is 104 g/mol. The number of rotatable bonds is 2. The van der Waals surface area contributed by atoms with Crippen molar-refractivity contribution >= 4 is 7.32 Å². The van der Waals surface area contributed by atoms with Crippen molar-refractivity contribution in [1.82, 2.24) is 0 Å². The van der Waals surface area contributed by atoms with E-state index in [0.29, 0.717) is 0 Å². The number of nitrogens with zero attached hydrogens (tertiary/aromatic N) is 1. The third-order valence-electron chi connectivity index (χ3n) is 0.230.